The van der Waals surface area contributed by atoms with E-state index in [4.69, 9.17) is 0 Å². The molecule has 0 radical (unpaired) electrons. The van der Waals surface area contributed by atoms with Crippen LogP contribution in [0.3, 0.4) is 0 Å². The molecule has 3 aromatic rings. The van der Waals surface area contributed by atoms with Crippen LogP contribution in [-0.4, -0.2) is 28.4 Å². The number of alkyl halides is 3. The third-order valence-electron chi connectivity index (χ3n) is 4.15. The molecule has 152 valence electrons. The van der Waals surface area contributed by atoms with Gasteiger partial charge in [-0.3, -0.25) is 4.79 Å². The molecule has 1 aromatic carbocycles. The van der Waals surface area contributed by atoms with Crippen molar-refractivity contribution in [1.82, 2.24) is 15.0 Å². The third kappa shape index (κ3) is 5.56. The summed E-state index contributed by atoms with van der Waals surface area (Å²) < 4.78 is 40.6. The Balaban J connectivity index is 1.70. The van der Waals surface area contributed by atoms with Gasteiger partial charge in [0.1, 0.15) is 17.4 Å². The van der Waals surface area contributed by atoms with Crippen molar-refractivity contribution in [3.63, 3.8) is 0 Å². The average molecular weight is 404 g/mol. The minimum atomic E-state index is -4.71. The standard InChI is InChI=1S/C20H19F3N4O2/c1-3-15-10-18(28)26-19(25-15)14-6-9-17(24-11-14)27(2)12-13-4-7-16(8-5-13)29-20(21,22)23/h4-11H,3,12H2,1-2H3,(H,25,26,28). The number of H-pyrrole nitrogens is 1. The molecule has 0 aliphatic heterocycles. The van der Waals surface area contributed by atoms with Crippen LogP contribution in [0.4, 0.5) is 19.0 Å². The van der Waals surface area contributed by atoms with E-state index in [1.54, 1.807) is 30.5 Å². The van der Waals surface area contributed by atoms with E-state index in [0.717, 1.165) is 5.56 Å². The van der Waals surface area contributed by atoms with Gasteiger partial charge in [0.25, 0.3) is 5.56 Å². The first-order valence-corrected chi connectivity index (χ1v) is 8.86. The van der Waals surface area contributed by atoms with Crippen LogP contribution in [0.2, 0.25) is 0 Å². The number of aromatic nitrogens is 3. The SMILES string of the molecule is CCc1cc(=O)[nH]c(-c2ccc(N(C)Cc3ccc(OC(F)(F)F)cc3)nc2)n1. The summed E-state index contributed by atoms with van der Waals surface area (Å²) in [6.45, 7) is 2.36. The summed E-state index contributed by atoms with van der Waals surface area (Å²) in [5.41, 5.74) is 1.96. The highest BCUT2D eigenvalue weighted by molar-refractivity contribution is 5.56. The predicted molar refractivity (Wildman–Crippen MR) is 103 cm³/mol. The predicted octanol–water partition coefficient (Wildman–Crippen LogP) is 3.93. The molecule has 6 nitrogen and oxygen atoms in total. The lowest BCUT2D eigenvalue weighted by Crippen LogP contribution is -2.18. The molecule has 0 bridgehead atoms. The molecule has 29 heavy (non-hydrogen) atoms. The lowest BCUT2D eigenvalue weighted by molar-refractivity contribution is -0.274. The van der Waals surface area contributed by atoms with Gasteiger partial charge in [-0.2, -0.15) is 0 Å². The summed E-state index contributed by atoms with van der Waals surface area (Å²) in [6, 6.07) is 10.7. The number of halogens is 3. The molecule has 0 spiro atoms. The molecule has 9 heteroatoms. The number of hydrogen-bond donors (Lipinski definition) is 1. The number of nitrogens with one attached hydrogen (secondary N) is 1. The molecule has 0 saturated carbocycles. The second kappa shape index (κ2) is 8.34. The minimum Gasteiger partial charge on any atom is -0.406 e. The van der Waals surface area contributed by atoms with Crippen LogP contribution in [0.15, 0.2) is 53.5 Å². The molecular formula is C20H19F3N4O2. The molecule has 0 aliphatic rings. The molecule has 0 unspecified atom stereocenters. The first-order chi connectivity index (χ1) is 13.7. The highest BCUT2D eigenvalue weighted by Crippen LogP contribution is 2.24. The molecule has 1 N–H and O–H groups in total. The van der Waals surface area contributed by atoms with Gasteiger partial charge in [-0.25, -0.2) is 9.97 Å². The average Bonchev–Trinajstić information content (AvgIpc) is 2.68. The number of pyridine rings is 1. The number of ether oxygens (including phenoxy) is 1. The van der Waals surface area contributed by atoms with Gasteiger partial charge in [-0.05, 0) is 36.2 Å². The van der Waals surface area contributed by atoms with Crippen molar-refractivity contribution in [2.45, 2.75) is 26.3 Å². The number of aryl methyl sites for hydroxylation is 1. The van der Waals surface area contributed by atoms with Crippen molar-refractivity contribution in [1.29, 1.82) is 0 Å². The zero-order chi connectivity index (χ0) is 21.0. The van der Waals surface area contributed by atoms with Crippen LogP contribution in [0, 0.1) is 0 Å². The minimum absolute atomic E-state index is 0.217. The van der Waals surface area contributed by atoms with E-state index in [2.05, 4.69) is 19.7 Å². The Hall–Kier alpha value is -3.36. The summed E-state index contributed by atoms with van der Waals surface area (Å²) in [5.74, 6) is 0.858. The van der Waals surface area contributed by atoms with Crippen molar-refractivity contribution in [3.8, 4) is 17.1 Å². The second-order valence-electron chi connectivity index (χ2n) is 6.39. The lowest BCUT2D eigenvalue weighted by Gasteiger charge is -2.19. The van der Waals surface area contributed by atoms with E-state index < -0.39 is 6.36 Å². The Bertz CT molecular complexity index is 1020. The topological polar surface area (TPSA) is 71.1 Å². The maximum absolute atomic E-state index is 12.2. The molecular weight excluding hydrogens is 385 g/mol. The van der Waals surface area contributed by atoms with E-state index in [1.165, 1.54) is 18.2 Å². The lowest BCUT2D eigenvalue weighted by atomic mass is 10.2. The largest absolute Gasteiger partial charge is 0.573 e. The van der Waals surface area contributed by atoms with Crippen molar-refractivity contribution < 1.29 is 17.9 Å². The first kappa shape index (κ1) is 20.4. The van der Waals surface area contributed by atoms with Gasteiger partial charge < -0.3 is 14.6 Å². The van der Waals surface area contributed by atoms with E-state index in [1.807, 2.05) is 18.9 Å². The smallest absolute Gasteiger partial charge is 0.406 e. The Labute approximate surface area is 165 Å². The number of aromatic amines is 1. The maximum Gasteiger partial charge on any atom is 0.573 e. The monoisotopic (exact) mass is 404 g/mol. The van der Waals surface area contributed by atoms with Crippen molar-refractivity contribution in [2.24, 2.45) is 0 Å². The zero-order valence-electron chi connectivity index (χ0n) is 15.8. The molecule has 2 aromatic heterocycles. The van der Waals surface area contributed by atoms with E-state index in [0.29, 0.717) is 35.9 Å². The summed E-state index contributed by atoms with van der Waals surface area (Å²) in [4.78, 5) is 25.1. The Morgan fingerprint density at radius 1 is 1.14 bits per heavy atom. The van der Waals surface area contributed by atoms with E-state index in [-0.39, 0.29) is 11.3 Å². The number of benzene rings is 1. The van der Waals surface area contributed by atoms with Crippen LogP contribution < -0.4 is 15.2 Å². The Morgan fingerprint density at radius 2 is 1.86 bits per heavy atom. The van der Waals surface area contributed by atoms with Gasteiger partial charge in [-0.15, -0.1) is 13.2 Å². The summed E-state index contributed by atoms with van der Waals surface area (Å²) in [6.07, 6.45) is -2.44. The summed E-state index contributed by atoms with van der Waals surface area (Å²) >= 11 is 0. The highest BCUT2D eigenvalue weighted by Gasteiger charge is 2.30. The van der Waals surface area contributed by atoms with E-state index >= 15 is 0 Å². The number of nitrogens with zero attached hydrogens (tertiary/aromatic N) is 3. The molecule has 0 fully saturated rings. The van der Waals surface area contributed by atoms with Gasteiger partial charge >= 0.3 is 6.36 Å². The molecule has 0 atom stereocenters. The van der Waals surface area contributed by atoms with Crippen molar-refractivity contribution >= 4 is 5.82 Å². The van der Waals surface area contributed by atoms with E-state index in [9.17, 15) is 18.0 Å². The molecule has 0 aliphatic carbocycles. The van der Waals surface area contributed by atoms with Crippen LogP contribution in [0.1, 0.15) is 18.2 Å². The van der Waals surface area contributed by atoms with Gasteiger partial charge in [0.2, 0.25) is 0 Å². The maximum atomic E-state index is 12.2. The highest BCUT2D eigenvalue weighted by atomic mass is 19.4. The molecule has 0 amide bonds. The zero-order valence-corrected chi connectivity index (χ0v) is 15.8. The Morgan fingerprint density at radius 3 is 2.45 bits per heavy atom. The van der Waals surface area contributed by atoms with Crippen LogP contribution in [-0.2, 0) is 13.0 Å². The quantitative estimate of drug-likeness (QED) is 0.674. The normalized spacial score (nSPS) is 11.3. The number of hydrogen-bond acceptors (Lipinski definition) is 5. The number of rotatable bonds is 6. The third-order valence-corrected chi connectivity index (χ3v) is 4.15. The van der Waals surface area contributed by atoms with Crippen LogP contribution >= 0.6 is 0 Å². The van der Waals surface area contributed by atoms with Gasteiger partial charge in [-0.1, -0.05) is 19.1 Å². The Kier molecular flexibility index (Phi) is 5.86. The molecule has 0 saturated heterocycles. The summed E-state index contributed by atoms with van der Waals surface area (Å²) in [5, 5.41) is 0. The fraction of sp³-hybridized carbons (Fsp3) is 0.250. The van der Waals surface area contributed by atoms with Gasteiger partial charge in [0.05, 0.1) is 0 Å². The van der Waals surface area contributed by atoms with Crippen molar-refractivity contribution in [3.05, 3.63) is 70.3 Å². The summed E-state index contributed by atoms with van der Waals surface area (Å²) in [7, 11) is 1.82. The van der Waals surface area contributed by atoms with Crippen LogP contribution in [0.25, 0.3) is 11.4 Å². The second-order valence-corrected chi connectivity index (χ2v) is 6.39. The first-order valence-electron chi connectivity index (χ1n) is 8.86. The fourth-order valence-corrected chi connectivity index (χ4v) is 2.73. The molecule has 3 rings (SSSR count). The molecule has 2 heterocycles. The van der Waals surface area contributed by atoms with Gasteiger partial charge in [0, 0.05) is 37.1 Å². The van der Waals surface area contributed by atoms with Gasteiger partial charge in [0.15, 0.2) is 0 Å². The van der Waals surface area contributed by atoms with Crippen molar-refractivity contribution in [2.75, 3.05) is 11.9 Å². The fourth-order valence-electron chi connectivity index (χ4n) is 2.73. The van der Waals surface area contributed by atoms with Crippen LogP contribution in [0.5, 0.6) is 5.75 Å². The number of anilines is 1.